The summed E-state index contributed by atoms with van der Waals surface area (Å²) < 4.78 is 5.46. The molecule has 1 amide bonds. The van der Waals surface area contributed by atoms with E-state index in [4.69, 9.17) is 4.74 Å². The van der Waals surface area contributed by atoms with Gasteiger partial charge in [-0.15, -0.1) is 0 Å². The van der Waals surface area contributed by atoms with Gasteiger partial charge in [-0.05, 0) is 64.9 Å². The highest BCUT2D eigenvalue weighted by atomic mass is 16.5. The maximum Gasteiger partial charge on any atom is 0.408 e. The fourth-order valence-electron chi connectivity index (χ4n) is 4.20. The van der Waals surface area contributed by atoms with Crippen molar-refractivity contribution < 1.29 is 24.5 Å². The summed E-state index contributed by atoms with van der Waals surface area (Å²) in [5.74, 6) is -1.22. The van der Waals surface area contributed by atoms with Gasteiger partial charge in [-0.2, -0.15) is 0 Å². The van der Waals surface area contributed by atoms with Crippen LogP contribution in [0.1, 0.15) is 39.8 Å². The molecule has 0 aliphatic heterocycles. The average Bonchev–Trinajstić information content (AvgIpc) is 3.07. The van der Waals surface area contributed by atoms with Crippen LogP contribution >= 0.6 is 0 Å². The lowest BCUT2D eigenvalue weighted by Crippen LogP contribution is -2.35. The summed E-state index contributed by atoms with van der Waals surface area (Å²) in [6, 6.07) is 17.8. The minimum atomic E-state index is -1.28. The number of carbonyl (C=O) groups excluding carboxylic acids is 1. The Labute approximate surface area is 180 Å². The third-order valence-corrected chi connectivity index (χ3v) is 5.70. The van der Waals surface area contributed by atoms with Crippen LogP contribution in [0, 0.1) is 13.8 Å². The molecule has 3 aromatic rings. The Morgan fingerprint density at radius 3 is 2.00 bits per heavy atom. The van der Waals surface area contributed by atoms with Gasteiger partial charge < -0.3 is 20.3 Å². The van der Waals surface area contributed by atoms with E-state index in [0.717, 1.165) is 22.3 Å². The van der Waals surface area contributed by atoms with Crippen LogP contribution in [0.15, 0.2) is 60.7 Å². The second-order valence-corrected chi connectivity index (χ2v) is 7.74. The number of amides is 1. The predicted molar refractivity (Wildman–Crippen MR) is 116 cm³/mol. The summed E-state index contributed by atoms with van der Waals surface area (Å²) in [7, 11) is 0. The van der Waals surface area contributed by atoms with Crippen LogP contribution in [-0.2, 0) is 9.53 Å². The summed E-state index contributed by atoms with van der Waals surface area (Å²) in [4.78, 5) is 24.3. The number of carbonyl (C=O) groups is 2. The molecule has 1 aliphatic rings. The van der Waals surface area contributed by atoms with E-state index >= 15 is 0 Å². The first kappa shape index (κ1) is 20.5. The highest BCUT2D eigenvalue weighted by Crippen LogP contribution is 2.44. The van der Waals surface area contributed by atoms with Gasteiger partial charge >= 0.3 is 12.1 Å². The molecule has 4 rings (SSSR count). The summed E-state index contributed by atoms with van der Waals surface area (Å²) in [6.07, 6.45) is -0.808. The third-order valence-electron chi connectivity index (χ3n) is 5.70. The van der Waals surface area contributed by atoms with Crippen molar-refractivity contribution in [2.24, 2.45) is 0 Å². The van der Waals surface area contributed by atoms with Gasteiger partial charge in [0.2, 0.25) is 0 Å². The number of alkyl carbamates (subject to hydrolysis) is 1. The number of rotatable bonds is 5. The number of hydrogen-bond donors (Lipinski definition) is 3. The monoisotopic (exact) mass is 417 g/mol. The van der Waals surface area contributed by atoms with Crippen LogP contribution in [0.4, 0.5) is 4.79 Å². The smallest absolute Gasteiger partial charge is 0.408 e. The van der Waals surface area contributed by atoms with Crippen molar-refractivity contribution in [2.45, 2.75) is 25.8 Å². The molecule has 6 heteroatoms. The fourth-order valence-corrected chi connectivity index (χ4v) is 4.20. The molecular formula is C25H23NO5. The van der Waals surface area contributed by atoms with Gasteiger partial charge in [0, 0.05) is 5.92 Å². The zero-order valence-corrected chi connectivity index (χ0v) is 17.3. The number of benzene rings is 3. The van der Waals surface area contributed by atoms with E-state index in [2.05, 4.69) is 5.32 Å². The van der Waals surface area contributed by atoms with Gasteiger partial charge in [-0.25, -0.2) is 9.59 Å². The van der Waals surface area contributed by atoms with E-state index in [1.165, 1.54) is 0 Å². The van der Waals surface area contributed by atoms with Crippen molar-refractivity contribution in [3.63, 3.8) is 0 Å². The highest BCUT2D eigenvalue weighted by molar-refractivity contribution is 5.82. The van der Waals surface area contributed by atoms with Crippen LogP contribution in [0.3, 0.4) is 0 Å². The SMILES string of the molecule is Cc1cc(C(NC(=O)OCC2c3ccccc3-c3ccccc32)C(=O)O)cc(C)c1O. The van der Waals surface area contributed by atoms with Crippen molar-refractivity contribution in [2.75, 3.05) is 6.61 Å². The lowest BCUT2D eigenvalue weighted by Gasteiger charge is -2.19. The van der Waals surface area contributed by atoms with Gasteiger partial charge in [0.1, 0.15) is 12.4 Å². The maximum absolute atomic E-state index is 12.5. The highest BCUT2D eigenvalue weighted by Gasteiger charge is 2.30. The van der Waals surface area contributed by atoms with Gasteiger partial charge in [0.15, 0.2) is 6.04 Å². The summed E-state index contributed by atoms with van der Waals surface area (Å²) >= 11 is 0. The second-order valence-electron chi connectivity index (χ2n) is 7.74. The molecule has 1 atom stereocenters. The number of carboxylic acid groups (broad SMARTS) is 1. The van der Waals surface area contributed by atoms with E-state index in [9.17, 15) is 19.8 Å². The molecule has 3 aromatic carbocycles. The lowest BCUT2D eigenvalue weighted by molar-refractivity contribution is -0.139. The largest absolute Gasteiger partial charge is 0.507 e. The Morgan fingerprint density at radius 2 is 1.48 bits per heavy atom. The van der Waals surface area contributed by atoms with Crippen LogP contribution in [-0.4, -0.2) is 28.9 Å². The minimum Gasteiger partial charge on any atom is -0.507 e. The first-order chi connectivity index (χ1) is 14.9. The number of fused-ring (bicyclic) bond motifs is 3. The van der Waals surface area contributed by atoms with Crippen LogP contribution in [0.5, 0.6) is 5.75 Å². The number of aliphatic carboxylic acids is 1. The van der Waals surface area contributed by atoms with Crippen molar-refractivity contribution >= 4 is 12.1 Å². The molecule has 0 spiro atoms. The number of phenolic OH excluding ortho intramolecular Hbond substituents is 1. The fraction of sp³-hybridized carbons (Fsp3) is 0.200. The van der Waals surface area contributed by atoms with Crippen molar-refractivity contribution in [1.29, 1.82) is 0 Å². The van der Waals surface area contributed by atoms with E-state index in [-0.39, 0.29) is 18.3 Å². The molecule has 31 heavy (non-hydrogen) atoms. The van der Waals surface area contributed by atoms with E-state index in [1.807, 2.05) is 48.5 Å². The van der Waals surface area contributed by atoms with Gasteiger partial charge in [-0.1, -0.05) is 48.5 Å². The molecule has 0 saturated heterocycles. The van der Waals surface area contributed by atoms with Crippen molar-refractivity contribution in [1.82, 2.24) is 5.32 Å². The van der Waals surface area contributed by atoms with E-state index < -0.39 is 18.1 Å². The van der Waals surface area contributed by atoms with Gasteiger partial charge in [0.25, 0.3) is 0 Å². The summed E-state index contributed by atoms with van der Waals surface area (Å²) in [5.41, 5.74) is 5.84. The lowest BCUT2D eigenvalue weighted by atomic mass is 9.98. The number of aromatic hydroxyl groups is 1. The Balaban J connectivity index is 1.51. The molecule has 0 heterocycles. The molecule has 0 bridgehead atoms. The molecule has 3 N–H and O–H groups in total. The Bertz CT molecular complexity index is 1100. The zero-order chi connectivity index (χ0) is 22.1. The van der Waals surface area contributed by atoms with Gasteiger partial charge in [0.05, 0.1) is 0 Å². The normalized spacial score (nSPS) is 13.2. The van der Waals surface area contributed by atoms with Crippen LogP contribution in [0.2, 0.25) is 0 Å². The molecule has 0 fully saturated rings. The van der Waals surface area contributed by atoms with Crippen LogP contribution in [0.25, 0.3) is 11.1 Å². The molecule has 1 unspecified atom stereocenters. The summed E-state index contributed by atoms with van der Waals surface area (Å²) in [5, 5.41) is 22.0. The number of ether oxygens (including phenoxy) is 1. The molecular weight excluding hydrogens is 394 g/mol. The van der Waals surface area contributed by atoms with E-state index in [0.29, 0.717) is 16.7 Å². The number of phenols is 1. The topological polar surface area (TPSA) is 95.9 Å². The van der Waals surface area contributed by atoms with Gasteiger partial charge in [-0.3, -0.25) is 0 Å². The predicted octanol–water partition coefficient (Wildman–Crippen LogP) is 4.67. The zero-order valence-electron chi connectivity index (χ0n) is 17.3. The Morgan fingerprint density at radius 1 is 0.968 bits per heavy atom. The summed E-state index contributed by atoms with van der Waals surface area (Å²) in [6.45, 7) is 3.45. The van der Waals surface area contributed by atoms with Crippen molar-refractivity contribution in [3.05, 3.63) is 88.5 Å². The number of aryl methyl sites for hydroxylation is 2. The number of carboxylic acids is 1. The molecule has 6 nitrogen and oxygen atoms in total. The molecule has 0 saturated carbocycles. The maximum atomic E-state index is 12.5. The molecule has 0 radical (unpaired) electrons. The van der Waals surface area contributed by atoms with Crippen LogP contribution < -0.4 is 5.32 Å². The molecule has 1 aliphatic carbocycles. The second kappa shape index (κ2) is 8.14. The Hall–Kier alpha value is -3.80. The van der Waals surface area contributed by atoms with Crippen molar-refractivity contribution in [3.8, 4) is 16.9 Å². The number of nitrogens with one attached hydrogen (secondary N) is 1. The average molecular weight is 417 g/mol. The third kappa shape index (κ3) is 3.84. The minimum absolute atomic E-state index is 0.0971. The standard InChI is InChI=1S/C25H23NO5/c1-14-11-16(12-15(2)23(14)27)22(24(28)29)26-25(30)31-13-21-19-9-5-3-7-17(19)18-8-4-6-10-20(18)21/h3-12,21-22,27H,13H2,1-2H3,(H,26,30)(H,28,29). The molecule has 0 aromatic heterocycles. The first-order valence-corrected chi connectivity index (χ1v) is 10.0. The first-order valence-electron chi connectivity index (χ1n) is 10.0. The molecule has 158 valence electrons. The Kier molecular flexibility index (Phi) is 5.38. The number of hydrogen-bond acceptors (Lipinski definition) is 4. The quantitative estimate of drug-likeness (QED) is 0.561. The van der Waals surface area contributed by atoms with E-state index in [1.54, 1.807) is 26.0 Å².